The van der Waals surface area contributed by atoms with Crippen molar-refractivity contribution in [1.82, 2.24) is 25.0 Å². The number of carbonyl (C=O) groups excluding carboxylic acids is 3. The third-order valence-electron chi connectivity index (χ3n) is 6.63. The van der Waals surface area contributed by atoms with Gasteiger partial charge in [0.2, 0.25) is 5.91 Å². The molecule has 29 heavy (non-hydrogen) atoms. The summed E-state index contributed by atoms with van der Waals surface area (Å²) >= 11 is 0. The predicted octanol–water partition coefficient (Wildman–Crippen LogP) is 1.23. The number of amides is 4. The third kappa shape index (κ3) is 3.85. The molecule has 3 aliphatic rings. The summed E-state index contributed by atoms with van der Waals surface area (Å²) in [5.74, 6) is -0.286. The van der Waals surface area contributed by atoms with Crippen molar-refractivity contribution in [2.24, 2.45) is 5.92 Å². The van der Waals surface area contributed by atoms with Crippen LogP contribution in [0.2, 0.25) is 0 Å². The molecule has 8 heteroatoms. The minimum Gasteiger partial charge on any atom is -0.339 e. The van der Waals surface area contributed by atoms with Crippen molar-refractivity contribution >= 4 is 17.8 Å². The lowest BCUT2D eigenvalue weighted by Gasteiger charge is -2.37. The van der Waals surface area contributed by atoms with Crippen LogP contribution >= 0.6 is 0 Å². The Morgan fingerprint density at radius 1 is 1.21 bits per heavy atom. The van der Waals surface area contributed by atoms with Crippen LogP contribution in [0.15, 0.2) is 24.4 Å². The molecule has 0 aromatic carbocycles. The Labute approximate surface area is 171 Å². The molecule has 3 heterocycles. The molecule has 156 valence electrons. The van der Waals surface area contributed by atoms with Gasteiger partial charge in [-0.25, -0.2) is 4.79 Å². The highest BCUT2D eigenvalue weighted by Gasteiger charge is 2.55. The summed E-state index contributed by atoms with van der Waals surface area (Å²) in [6.07, 6.45) is 5.37. The van der Waals surface area contributed by atoms with Crippen molar-refractivity contribution in [3.05, 3.63) is 30.1 Å². The standard InChI is InChI=1S/C21H29N5O3/c1-16-6-2-4-8-21(16)19(28)26(20(29)23-21)15-18(27)25-12-10-24(11-13-25)14-17-7-3-5-9-22-17/h3,5,7,9,16H,2,4,6,8,10-15H2,1H3,(H,23,29)/t16-,21-/m1/s1. The number of imide groups is 1. The highest BCUT2D eigenvalue weighted by Crippen LogP contribution is 2.38. The van der Waals surface area contributed by atoms with Crippen molar-refractivity contribution in [2.45, 2.75) is 44.7 Å². The molecule has 1 aliphatic carbocycles. The normalized spacial score (nSPS) is 28.1. The first-order valence-corrected chi connectivity index (χ1v) is 10.5. The van der Waals surface area contributed by atoms with Gasteiger partial charge < -0.3 is 10.2 Å². The summed E-state index contributed by atoms with van der Waals surface area (Å²) in [5.41, 5.74) is 0.204. The Balaban J connectivity index is 1.32. The quantitative estimate of drug-likeness (QED) is 0.770. The molecule has 2 atom stereocenters. The Kier molecular flexibility index (Phi) is 5.54. The topological polar surface area (TPSA) is 85.8 Å². The molecule has 8 nitrogen and oxygen atoms in total. The number of hydrogen-bond donors (Lipinski definition) is 1. The fraction of sp³-hybridized carbons (Fsp3) is 0.619. The van der Waals surface area contributed by atoms with E-state index >= 15 is 0 Å². The van der Waals surface area contributed by atoms with E-state index in [4.69, 9.17) is 0 Å². The molecule has 1 N–H and O–H groups in total. The van der Waals surface area contributed by atoms with E-state index in [1.807, 2.05) is 25.1 Å². The maximum Gasteiger partial charge on any atom is 0.325 e. The SMILES string of the molecule is C[C@@H]1CCCC[C@@]12NC(=O)N(CC(=O)N1CCN(Cc3ccccn3)CC1)C2=O. The van der Waals surface area contributed by atoms with Crippen LogP contribution in [0.3, 0.4) is 0 Å². The lowest BCUT2D eigenvalue weighted by atomic mass is 9.73. The van der Waals surface area contributed by atoms with Crippen LogP contribution in [0.25, 0.3) is 0 Å². The minimum atomic E-state index is -0.809. The number of hydrogen-bond acceptors (Lipinski definition) is 5. The van der Waals surface area contributed by atoms with Gasteiger partial charge in [-0.3, -0.25) is 24.4 Å². The smallest absolute Gasteiger partial charge is 0.325 e. The van der Waals surface area contributed by atoms with Crippen LogP contribution in [0, 0.1) is 5.92 Å². The van der Waals surface area contributed by atoms with Gasteiger partial charge in [0.15, 0.2) is 0 Å². The maximum absolute atomic E-state index is 13.0. The molecular weight excluding hydrogens is 370 g/mol. The first-order chi connectivity index (χ1) is 14.0. The lowest BCUT2D eigenvalue weighted by molar-refractivity contribution is -0.141. The van der Waals surface area contributed by atoms with E-state index in [2.05, 4.69) is 15.2 Å². The van der Waals surface area contributed by atoms with Gasteiger partial charge >= 0.3 is 6.03 Å². The van der Waals surface area contributed by atoms with Gasteiger partial charge in [-0.05, 0) is 30.9 Å². The number of urea groups is 1. The van der Waals surface area contributed by atoms with Gasteiger partial charge in [0.25, 0.3) is 5.91 Å². The average molecular weight is 399 g/mol. The largest absolute Gasteiger partial charge is 0.339 e. The van der Waals surface area contributed by atoms with Crippen molar-refractivity contribution in [2.75, 3.05) is 32.7 Å². The second-order valence-electron chi connectivity index (χ2n) is 8.42. The summed E-state index contributed by atoms with van der Waals surface area (Å²) in [4.78, 5) is 47.8. The number of rotatable bonds is 4. The fourth-order valence-corrected chi connectivity index (χ4v) is 4.75. The number of carbonyl (C=O) groups is 3. The molecular formula is C21H29N5O3. The number of aromatic nitrogens is 1. The summed E-state index contributed by atoms with van der Waals surface area (Å²) in [6.45, 7) is 5.31. The molecule has 2 saturated heterocycles. The second kappa shape index (κ2) is 8.10. The van der Waals surface area contributed by atoms with Gasteiger partial charge in [0.05, 0.1) is 5.69 Å². The molecule has 2 aliphatic heterocycles. The van der Waals surface area contributed by atoms with E-state index in [0.717, 1.165) is 49.5 Å². The summed E-state index contributed by atoms with van der Waals surface area (Å²) < 4.78 is 0. The zero-order valence-corrected chi connectivity index (χ0v) is 17.0. The zero-order valence-electron chi connectivity index (χ0n) is 17.0. The summed E-state index contributed by atoms with van der Waals surface area (Å²) in [5, 5.41) is 2.91. The minimum absolute atomic E-state index is 0.0999. The van der Waals surface area contributed by atoms with Crippen molar-refractivity contribution < 1.29 is 14.4 Å². The van der Waals surface area contributed by atoms with E-state index in [-0.39, 0.29) is 24.3 Å². The van der Waals surface area contributed by atoms with Crippen LogP contribution in [0.1, 0.15) is 38.3 Å². The molecule has 3 fully saturated rings. The van der Waals surface area contributed by atoms with E-state index in [1.54, 1.807) is 11.1 Å². The predicted molar refractivity (Wildman–Crippen MR) is 107 cm³/mol. The average Bonchev–Trinajstić information content (AvgIpc) is 2.96. The lowest BCUT2D eigenvalue weighted by Crippen LogP contribution is -2.54. The monoisotopic (exact) mass is 399 g/mol. The third-order valence-corrected chi connectivity index (χ3v) is 6.63. The van der Waals surface area contributed by atoms with Crippen molar-refractivity contribution in [3.8, 4) is 0 Å². The first-order valence-electron chi connectivity index (χ1n) is 10.5. The van der Waals surface area contributed by atoms with Gasteiger partial charge in [-0.15, -0.1) is 0 Å². The Morgan fingerprint density at radius 2 is 2.00 bits per heavy atom. The highest BCUT2D eigenvalue weighted by molar-refractivity contribution is 6.09. The second-order valence-corrected chi connectivity index (χ2v) is 8.42. The van der Waals surface area contributed by atoms with Crippen molar-refractivity contribution in [3.63, 3.8) is 0 Å². The molecule has 0 bridgehead atoms. The number of nitrogens with one attached hydrogen (secondary N) is 1. The molecule has 1 spiro atoms. The molecule has 1 aromatic rings. The van der Waals surface area contributed by atoms with E-state index in [9.17, 15) is 14.4 Å². The summed E-state index contributed by atoms with van der Waals surface area (Å²) in [7, 11) is 0. The number of piperazine rings is 1. The molecule has 1 saturated carbocycles. The Hall–Kier alpha value is -2.48. The number of pyridine rings is 1. The molecule has 1 aromatic heterocycles. The van der Waals surface area contributed by atoms with Crippen molar-refractivity contribution in [1.29, 1.82) is 0 Å². The molecule has 4 amide bonds. The molecule has 0 radical (unpaired) electrons. The van der Waals surface area contributed by atoms with Gasteiger partial charge in [-0.2, -0.15) is 0 Å². The van der Waals surface area contributed by atoms with E-state index < -0.39 is 11.6 Å². The van der Waals surface area contributed by atoms with Crippen LogP contribution in [0.4, 0.5) is 4.79 Å². The van der Waals surface area contributed by atoms with Gasteiger partial charge in [-0.1, -0.05) is 25.8 Å². The van der Waals surface area contributed by atoms with Crippen LogP contribution in [-0.2, 0) is 16.1 Å². The van der Waals surface area contributed by atoms with Crippen LogP contribution in [-0.4, -0.2) is 75.8 Å². The summed E-state index contributed by atoms with van der Waals surface area (Å²) in [6, 6.07) is 5.44. The van der Waals surface area contributed by atoms with Gasteiger partial charge in [0.1, 0.15) is 12.1 Å². The molecule has 0 unspecified atom stereocenters. The molecule has 4 rings (SSSR count). The fourth-order valence-electron chi connectivity index (χ4n) is 4.75. The number of nitrogens with zero attached hydrogens (tertiary/aromatic N) is 4. The highest BCUT2D eigenvalue weighted by atomic mass is 16.2. The van der Waals surface area contributed by atoms with Crippen LogP contribution < -0.4 is 5.32 Å². The van der Waals surface area contributed by atoms with E-state index in [0.29, 0.717) is 19.5 Å². The Bertz CT molecular complexity index is 778. The van der Waals surface area contributed by atoms with Gasteiger partial charge in [0, 0.05) is 38.9 Å². The van der Waals surface area contributed by atoms with E-state index in [1.165, 1.54) is 0 Å². The zero-order chi connectivity index (χ0) is 20.4. The van der Waals surface area contributed by atoms with Crippen LogP contribution in [0.5, 0.6) is 0 Å². The first kappa shape index (κ1) is 19.8. The Morgan fingerprint density at radius 3 is 2.69 bits per heavy atom. The maximum atomic E-state index is 13.0.